The number of nitrogens with one attached hydrogen (secondary N) is 1. The van der Waals surface area contributed by atoms with Gasteiger partial charge >= 0.3 is 5.97 Å². The Labute approximate surface area is 178 Å². The van der Waals surface area contributed by atoms with E-state index in [0.29, 0.717) is 16.6 Å². The molecule has 0 aliphatic carbocycles. The smallest absolute Gasteiger partial charge is 0.308 e. The molecule has 1 amide bonds. The van der Waals surface area contributed by atoms with Crippen LogP contribution in [0.15, 0.2) is 77.9 Å². The third-order valence-electron chi connectivity index (χ3n) is 5.01. The Bertz CT molecular complexity index is 1320. The largest absolute Gasteiger partial charge is 0.452 e. The Morgan fingerprint density at radius 3 is 2.55 bits per heavy atom. The summed E-state index contributed by atoms with van der Waals surface area (Å²) in [6, 6.07) is 20.3. The Morgan fingerprint density at radius 1 is 1.00 bits per heavy atom. The number of amides is 1. The SMILES string of the molecule is CC(OC(=O)CCn1cnc2ccccc2c1=O)C(=O)Nc1cccc2ccccc12. The molecule has 1 atom stereocenters. The minimum atomic E-state index is -0.974. The molecule has 1 aromatic heterocycles. The van der Waals surface area contributed by atoms with E-state index in [1.165, 1.54) is 17.8 Å². The first-order valence-electron chi connectivity index (χ1n) is 9.95. The summed E-state index contributed by atoms with van der Waals surface area (Å²) in [5.74, 6) is -0.991. The van der Waals surface area contributed by atoms with Crippen LogP contribution < -0.4 is 10.9 Å². The van der Waals surface area contributed by atoms with E-state index in [2.05, 4.69) is 10.3 Å². The van der Waals surface area contributed by atoms with Crippen molar-refractivity contribution in [2.75, 3.05) is 5.32 Å². The van der Waals surface area contributed by atoms with E-state index in [0.717, 1.165) is 10.8 Å². The minimum Gasteiger partial charge on any atom is -0.452 e. The summed E-state index contributed by atoms with van der Waals surface area (Å²) in [4.78, 5) is 41.5. The second kappa shape index (κ2) is 8.79. The summed E-state index contributed by atoms with van der Waals surface area (Å²) in [5, 5.41) is 5.20. The molecule has 0 bridgehead atoms. The number of benzene rings is 3. The van der Waals surface area contributed by atoms with E-state index in [1.54, 1.807) is 30.3 Å². The second-order valence-electron chi connectivity index (χ2n) is 7.16. The van der Waals surface area contributed by atoms with Crippen LogP contribution in [0, 0.1) is 0 Å². The molecule has 3 aromatic carbocycles. The van der Waals surface area contributed by atoms with E-state index in [4.69, 9.17) is 4.74 Å². The van der Waals surface area contributed by atoms with Gasteiger partial charge in [-0.1, -0.05) is 48.5 Å². The Kier molecular flexibility index (Phi) is 5.75. The van der Waals surface area contributed by atoms with Gasteiger partial charge in [-0.2, -0.15) is 0 Å². The van der Waals surface area contributed by atoms with Crippen molar-refractivity contribution >= 4 is 39.2 Å². The van der Waals surface area contributed by atoms with Crippen molar-refractivity contribution in [2.24, 2.45) is 0 Å². The molecule has 0 aliphatic heterocycles. The highest BCUT2D eigenvalue weighted by Gasteiger charge is 2.19. The average molecular weight is 415 g/mol. The van der Waals surface area contributed by atoms with Gasteiger partial charge in [0.1, 0.15) is 0 Å². The van der Waals surface area contributed by atoms with E-state index in [9.17, 15) is 14.4 Å². The fraction of sp³-hybridized carbons (Fsp3) is 0.167. The lowest BCUT2D eigenvalue weighted by molar-refractivity contribution is -0.153. The van der Waals surface area contributed by atoms with Crippen molar-refractivity contribution < 1.29 is 14.3 Å². The lowest BCUT2D eigenvalue weighted by atomic mass is 10.1. The predicted molar refractivity (Wildman–Crippen MR) is 119 cm³/mol. The highest BCUT2D eigenvalue weighted by molar-refractivity contribution is 6.03. The molecule has 4 rings (SSSR count). The average Bonchev–Trinajstić information content (AvgIpc) is 2.79. The van der Waals surface area contributed by atoms with Crippen molar-refractivity contribution in [1.82, 2.24) is 9.55 Å². The van der Waals surface area contributed by atoms with Crippen LogP contribution in [0.1, 0.15) is 13.3 Å². The fourth-order valence-corrected chi connectivity index (χ4v) is 3.36. The number of ether oxygens (including phenoxy) is 1. The molecule has 4 aromatic rings. The number of anilines is 1. The van der Waals surface area contributed by atoms with Gasteiger partial charge in [0.05, 0.1) is 23.7 Å². The van der Waals surface area contributed by atoms with Gasteiger partial charge in [0.2, 0.25) is 0 Å². The number of rotatable bonds is 6. The zero-order valence-corrected chi connectivity index (χ0v) is 16.9. The number of para-hydroxylation sites is 1. The second-order valence-corrected chi connectivity index (χ2v) is 7.16. The number of fused-ring (bicyclic) bond motifs is 2. The van der Waals surface area contributed by atoms with Crippen LogP contribution in [0.4, 0.5) is 5.69 Å². The van der Waals surface area contributed by atoms with Gasteiger partial charge in [0.15, 0.2) is 6.10 Å². The van der Waals surface area contributed by atoms with Crippen LogP contribution in [0.25, 0.3) is 21.7 Å². The number of aromatic nitrogens is 2. The van der Waals surface area contributed by atoms with Gasteiger partial charge in [-0.05, 0) is 30.5 Å². The van der Waals surface area contributed by atoms with Gasteiger partial charge in [0.25, 0.3) is 11.5 Å². The van der Waals surface area contributed by atoms with E-state index in [-0.39, 0.29) is 18.5 Å². The summed E-state index contributed by atoms with van der Waals surface area (Å²) in [6.45, 7) is 1.63. The van der Waals surface area contributed by atoms with Gasteiger partial charge in [-0.15, -0.1) is 0 Å². The number of hydrogen-bond acceptors (Lipinski definition) is 5. The summed E-state index contributed by atoms with van der Waals surface area (Å²) in [7, 11) is 0. The van der Waals surface area contributed by atoms with Crippen LogP contribution in [0.5, 0.6) is 0 Å². The number of aryl methyl sites for hydroxylation is 1. The molecule has 7 nitrogen and oxygen atoms in total. The molecule has 1 unspecified atom stereocenters. The number of nitrogens with zero attached hydrogens (tertiary/aromatic N) is 2. The van der Waals surface area contributed by atoms with Crippen molar-refractivity contribution in [2.45, 2.75) is 26.0 Å². The molecule has 1 heterocycles. The van der Waals surface area contributed by atoms with Crippen LogP contribution >= 0.6 is 0 Å². The zero-order chi connectivity index (χ0) is 21.8. The van der Waals surface area contributed by atoms with Crippen molar-refractivity contribution in [1.29, 1.82) is 0 Å². The first kappa shape index (κ1) is 20.3. The molecule has 0 aliphatic rings. The molecule has 0 saturated heterocycles. The Morgan fingerprint density at radius 2 is 1.71 bits per heavy atom. The molecule has 7 heteroatoms. The maximum atomic E-state index is 12.5. The third kappa shape index (κ3) is 4.45. The molecular formula is C24H21N3O4. The Balaban J connectivity index is 1.37. The van der Waals surface area contributed by atoms with Crippen LogP contribution in [-0.2, 0) is 20.9 Å². The number of carbonyl (C=O) groups is 2. The molecule has 0 saturated carbocycles. The molecular weight excluding hydrogens is 394 g/mol. The van der Waals surface area contributed by atoms with Gasteiger partial charge in [-0.3, -0.25) is 19.0 Å². The summed E-state index contributed by atoms with van der Waals surface area (Å²) < 4.78 is 6.62. The maximum Gasteiger partial charge on any atom is 0.308 e. The van der Waals surface area contributed by atoms with Crippen LogP contribution in [0.2, 0.25) is 0 Å². The monoisotopic (exact) mass is 415 g/mol. The van der Waals surface area contributed by atoms with Crippen LogP contribution in [-0.4, -0.2) is 27.5 Å². The van der Waals surface area contributed by atoms with Crippen molar-refractivity contribution in [3.8, 4) is 0 Å². The van der Waals surface area contributed by atoms with Crippen molar-refractivity contribution in [3.05, 3.63) is 83.4 Å². The van der Waals surface area contributed by atoms with Crippen molar-refractivity contribution in [3.63, 3.8) is 0 Å². The number of esters is 1. The first-order chi connectivity index (χ1) is 15.0. The van der Waals surface area contributed by atoms with E-state index >= 15 is 0 Å². The maximum absolute atomic E-state index is 12.5. The van der Waals surface area contributed by atoms with Gasteiger partial charge in [0, 0.05) is 17.6 Å². The summed E-state index contributed by atoms with van der Waals surface area (Å²) in [6.07, 6.45) is 0.387. The van der Waals surface area contributed by atoms with Crippen LogP contribution in [0.3, 0.4) is 0 Å². The summed E-state index contributed by atoms with van der Waals surface area (Å²) >= 11 is 0. The minimum absolute atomic E-state index is 0.0498. The van der Waals surface area contributed by atoms with Gasteiger partial charge < -0.3 is 10.1 Å². The number of hydrogen-bond donors (Lipinski definition) is 1. The third-order valence-corrected chi connectivity index (χ3v) is 5.01. The molecule has 156 valence electrons. The van der Waals surface area contributed by atoms with E-state index in [1.807, 2.05) is 36.4 Å². The molecule has 0 radical (unpaired) electrons. The molecule has 0 fully saturated rings. The quantitative estimate of drug-likeness (QED) is 0.487. The van der Waals surface area contributed by atoms with Gasteiger partial charge in [-0.25, -0.2) is 4.98 Å². The lowest BCUT2D eigenvalue weighted by Crippen LogP contribution is -2.30. The highest BCUT2D eigenvalue weighted by atomic mass is 16.5. The topological polar surface area (TPSA) is 90.3 Å². The van der Waals surface area contributed by atoms with E-state index < -0.39 is 18.0 Å². The number of carbonyl (C=O) groups excluding carboxylic acids is 2. The molecule has 31 heavy (non-hydrogen) atoms. The first-order valence-corrected chi connectivity index (χ1v) is 9.95. The zero-order valence-electron chi connectivity index (χ0n) is 16.9. The lowest BCUT2D eigenvalue weighted by Gasteiger charge is -2.15. The predicted octanol–water partition coefficient (Wildman–Crippen LogP) is 3.51. The normalized spacial score (nSPS) is 11.9. The molecule has 1 N–H and O–H groups in total. The standard InChI is InChI=1S/C24H21N3O4/c1-16(23(29)26-21-12-6-8-17-7-2-3-9-18(17)21)31-22(28)13-14-27-15-25-20-11-5-4-10-19(20)24(27)30/h2-12,15-16H,13-14H2,1H3,(H,26,29). The highest BCUT2D eigenvalue weighted by Crippen LogP contribution is 2.23. The Hall–Kier alpha value is -4.00. The fourth-order valence-electron chi connectivity index (χ4n) is 3.36. The summed E-state index contributed by atoms with van der Waals surface area (Å²) in [5.41, 5.74) is 1.03. The molecule has 0 spiro atoms.